The highest BCUT2D eigenvalue weighted by Gasteiger charge is 2.35. The van der Waals surface area contributed by atoms with Crippen molar-refractivity contribution in [2.75, 3.05) is 49.7 Å². The molecule has 43 heavy (non-hydrogen) atoms. The molecule has 2 saturated heterocycles. The summed E-state index contributed by atoms with van der Waals surface area (Å²) < 4.78 is 10.9. The fraction of sp³-hybridized carbons (Fsp3) is 0.467. The van der Waals surface area contributed by atoms with Gasteiger partial charge < -0.3 is 29.9 Å². The third kappa shape index (κ3) is 6.41. The lowest BCUT2D eigenvalue weighted by Gasteiger charge is -2.28. The van der Waals surface area contributed by atoms with Gasteiger partial charge in [0.2, 0.25) is 17.8 Å². The first-order valence-corrected chi connectivity index (χ1v) is 15.0. The number of fused-ring (bicyclic) bond motifs is 1. The van der Waals surface area contributed by atoms with Crippen molar-refractivity contribution in [1.29, 1.82) is 0 Å². The van der Waals surface area contributed by atoms with Crippen LogP contribution in [0.2, 0.25) is 5.02 Å². The van der Waals surface area contributed by atoms with E-state index in [4.69, 9.17) is 21.1 Å². The molecule has 2 N–H and O–H groups in total. The summed E-state index contributed by atoms with van der Waals surface area (Å²) >= 11 is 6.50. The van der Waals surface area contributed by atoms with E-state index in [1.54, 1.807) is 36.4 Å². The van der Waals surface area contributed by atoms with Crippen LogP contribution in [-0.4, -0.2) is 88.3 Å². The van der Waals surface area contributed by atoms with Crippen LogP contribution in [0.5, 0.6) is 0 Å². The highest BCUT2D eigenvalue weighted by Crippen LogP contribution is 2.32. The molecule has 3 aromatic rings. The van der Waals surface area contributed by atoms with E-state index in [2.05, 4.69) is 35.5 Å². The van der Waals surface area contributed by atoms with Gasteiger partial charge in [0.15, 0.2) is 0 Å². The summed E-state index contributed by atoms with van der Waals surface area (Å²) in [5, 5.41) is 6.78. The lowest BCUT2D eigenvalue weighted by atomic mass is 10.0. The van der Waals surface area contributed by atoms with Crippen molar-refractivity contribution >= 4 is 35.3 Å². The fourth-order valence-corrected chi connectivity index (χ4v) is 5.72. The molecule has 5 heterocycles. The molecule has 3 aliphatic heterocycles. The highest BCUT2D eigenvalue weighted by atomic mass is 35.5. The van der Waals surface area contributed by atoms with Gasteiger partial charge in [-0.3, -0.25) is 9.59 Å². The molecule has 1 aromatic carbocycles. The zero-order chi connectivity index (χ0) is 29.9. The number of hydrogen-bond donors (Lipinski definition) is 2. The fourth-order valence-electron chi connectivity index (χ4n) is 5.52. The Morgan fingerprint density at radius 3 is 2.60 bits per heavy atom. The lowest BCUT2D eigenvalue weighted by molar-refractivity contribution is -0.125. The number of nitrogens with zero attached hydrogens (tertiary/aromatic N) is 6. The minimum Gasteiger partial charge on any atom is -0.381 e. The van der Waals surface area contributed by atoms with E-state index in [1.807, 2.05) is 19.1 Å². The van der Waals surface area contributed by atoms with Crippen LogP contribution < -0.4 is 15.5 Å². The average Bonchev–Trinajstić information content (AvgIpc) is 3.37. The van der Waals surface area contributed by atoms with Gasteiger partial charge in [-0.25, -0.2) is 19.9 Å². The largest absolute Gasteiger partial charge is 0.381 e. The standard InChI is InChI=1S/C30H35ClN8O4/c1-18(25-5-8-32-30(36-25)38-9-13-43-14-10-38)34-27(40)19(2)39-17-21-4-3-20(15-23(21)28(39)41)26-24(31)16-33-29(37-26)35-22-6-11-42-12-7-22/h3-5,8,15-16,18-19,22H,6-7,9-14,17H2,1-2H3,(H,34,40)(H,33,35,37)/t18-,19-/m1/s1. The average molecular weight is 607 g/mol. The van der Waals surface area contributed by atoms with Crippen LogP contribution in [0.4, 0.5) is 11.9 Å². The predicted octanol–water partition coefficient (Wildman–Crippen LogP) is 3.24. The maximum absolute atomic E-state index is 13.5. The Bertz CT molecular complexity index is 1490. The molecule has 2 aromatic heterocycles. The summed E-state index contributed by atoms with van der Waals surface area (Å²) in [6, 6.07) is 6.56. The number of rotatable bonds is 8. The molecule has 6 rings (SSSR count). The number of morpholine rings is 1. The number of anilines is 2. The molecule has 12 nitrogen and oxygen atoms in total. The number of carbonyl (C=O) groups is 2. The topological polar surface area (TPSA) is 135 Å². The summed E-state index contributed by atoms with van der Waals surface area (Å²) in [6.45, 7) is 8.05. The minimum atomic E-state index is -0.690. The van der Waals surface area contributed by atoms with Crippen LogP contribution in [0.25, 0.3) is 11.3 Å². The number of aromatic nitrogens is 4. The maximum Gasteiger partial charge on any atom is 0.255 e. The SMILES string of the molecule is C[C@H](C(=O)N[C@H](C)c1ccnc(N2CCOCC2)n1)N1Cc2ccc(-c3nc(NC4CCOCC4)ncc3Cl)cc2C1=O. The van der Waals surface area contributed by atoms with Crippen LogP contribution in [0.15, 0.2) is 36.7 Å². The molecule has 13 heteroatoms. The second-order valence-corrected chi connectivity index (χ2v) is 11.4. The van der Waals surface area contributed by atoms with Gasteiger partial charge in [0, 0.05) is 56.2 Å². The van der Waals surface area contributed by atoms with E-state index >= 15 is 0 Å². The first-order chi connectivity index (χ1) is 20.9. The molecule has 0 radical (unpaired) electrons. The Kier molecular flexibility index (Phi) is 8.68. The van der Waals surface area contributed by atoms with E-state index in [-0.39, 0.29) is 23.9 Å². The first-order valence-electron chi connectivity index (χ1n) is 14.6. The van der Waals surface area contributed by atoms with Gasteiger partial charge >= 0.3 is 0 Å². The van der Waals surface area contributed by atoms with Gasteiger partial charge in [0.05, 0.1) is 41.9 Å². The summed E-state index contributed by atoms with van der Waals surface area (Å²) in [5.74, 6) is 0.628. The summed E-state index contributed by atoms with van der Waals surface area (Å²) in [7, 11) is 0. The normalized spacial score (nSPS) is 18.7. The van der Waals surface area contributed by atoms with Crippen molar-refractivity contribution in [3.63, 3.8) is 0 Å². The molecular weight excluding hydrogens is 572 g/mol. The highest BCUT2D eigenvalue weighted by molar-refractivity contribution is 6.33. The molecular formula is C30H35ClN8O4. The second-order valence-electron chi connectivity index (χ2n) is 11.0. The molecule has 0 spiro atoms. The first kappa shape index (κ1) is 29.2. The Morgan fingerprint density at radius 2 is 1.81 bits per heavy atom. The number of hydrogen-bond acceptors (Lipinski definition) is 10. The van der Waals surface area contributed by atoms with E-state index in [1.165, 1.54) is 0 Å². The number of benzene rings is 1. The summed E-state index contributed by atoms with van der Waals surface area (Å²) in [6.07, 6.45) is 5.03. The van der Waals surface area contributed by atoms with Gasteiger partial charge in [0.25, 0.3) is 5.91 Å². The Labute approximate surface area is 255 Å². The van der Waals surface area contributed by atoms with E-state index in [9.17, 15) is 9.59 Å². The Morgan fingerprint density at radius 1 is 1.05 bits per heavy atom. The van der Waals surface area contributed by atoms with Crippen molar-refractivity contribution in [2.24, 2.45) is 0 Å². The number of carbonyl (C=O) groups excluding carboxylic acids is 2. The minimum absolute atomic E-state index is 0.213. The third-order valence-corrected chi connectivity index (χ3v) is 8.40. The predicted molar refractivity (Wildman–Crippen MR) is 161 cm³/mol. The monoisotopic (exact) mass is 606 g/mol. The van der Waals surface area contributed by atoms with Crippen molar-refractivity contribution in [3.05, 3.63) is 58.5 Å². The number of nitrogens with one attached hydrogen (secondary N) is 2. The summed E-state index contributed by atoms with van der Waals surface area (Å²) in [4.78, 5) is 48.6. The van der Waals surface area contributed by atoms with E-state index in [0.29, 0.717) is 72.4 Å². The Hall–Kier alpha value is -3.87. The maximum atomic E-state index is 13.5. The van der Waals surface area contributed by atoms with Crippen LogP contribution >= 0.6 is 11.6 Å². The van der Waals surface area contributed by atoms with Crippen LogP contribution in [0.1, 0.15) is 54.3 Å². The Balaban J connectivity index is 1.13. The molecule has 2 fully saturated rings. The molecule has 0 saturated carbocycles. The van der Waals surface area contributed by atoms with Crippen molar-refractivity contribution in [2.45, 2.75) is 51.4 Å². The van der Waals surface area contributed by atoms with Gasteiger partial charge in [-0.1, -0.05) is 23.7 Å². The molecule has 2 amide bonds. The zero-order valence-electron chi connectivity index (χ0n) is 24.3. The molecule has 0 bridgehead atoms. The number of amides is 2. The number of halogens is 1. The third-order valence-electron chi connectivity index (χ3n) is 8.12. The molecule has 0 aliphatic carbocycles. The summed E-state index contributed by atoms with van der Waals surface area (Å²) in [5.41, 5.74) is 3.33. The second kappa shape index (κ2) is 12.8. The smallest absolute Gasteiger partial charge is 0.255 e. The van der Waals surface area contributed by atoms with Gasteiger partial charge in [0.1, 0.15) is 6.04 Å². The van der Waals surface area contributed by atoms with Gasteiger partial charge in [-0.15, -0.1) is 0 Å². The van der Waals surface area contributed by atoms with E-state index in [0.717, 1.165) is 31.5 Å². The molecule has 0 unspecified atom stereocenters. The van der Waals surface area contributed by atoms with Crippen molar-refractivity contribution < 1.29 is 19.1 Å². The van der Waals surface area contributed by atoms with E-state index < -0.39 is 6.04 Å². The molecule has 2 atom stereocenters. The van der Waals surface area contributed by atoms with Crippen LogP contribution in [-0.2, 0) is 20.8 Å². The van der Waals surface area contributed by atoms with Crippen LogP contribution in [0, 0.1) is 0 Å². The molecule has 3 aliphatic rings. The molecule has 226 valence electrons. The van der Waals surface area contributed by atoms with Gasteiger partial charge in [-0.2, -0.15) is 0 Å². The quantitative estimate of drug-likeness (QED) is 0.393. The van der Waals surface area contributed by atoms with Crippen molar-refractivity contribution in [1.82, 2.24) is 30.2 Å². The zero-order valence-corrected chi connectivity index (χ0v) is 25.0. The van der Waals surface area contributed by atoms with Gasteiger partial charge in [-0.05, 0) is 44.4 Å². The lowest BCUT2D eigenvalue weighted by Crippen LogP contribution is -2.46. The van der Waals surface area contributed by atoms with Crippen LogP contribution in [0.3, 0.4) is 0 Å². The van der Waals surface area contributed by atoms with Crippen molar-refractivity contribution in [3.8, 4) is 11.3 Å². The number of ether oxygens (including phenoxy) is 2.